The van der Waals surface area contributed by atoms with Gasteiger partial charge >= 0.3 is 0 Å². The summed E-state index contributed by atoms with van der Waals surface area (Å²) < 4.78 is 27.2. The fraction of sp³-hybridized carbons (Fsp3) is 1.00. The lowest BCUT2D eigenvalue weighted by molar-refractivity contribution is 0.0656. The monoisotopic (exact) mass is 291 g/mol. The summed E-state index contributed by atoms with van der Waals surface area (Å²) in [5, 5.41) is 2.76. The van der Waals surface area contributed by atoms with Crippen molar-refractivity contribution in [3.05, 3.63) is 0 Å². The van der Waals surface area contributed by atoms with E-state index in [1.165, 1.54) is 6.42 Å². The number of rotatable bonds is 8. The third-order valence-electron chi connectivity index (χ3n) is 4.18. The van der Waals surface area contributed by atoms with Gasteiger partial charge in [0.15, 0.2) is 0 Å². The van der Waals surface area contributed by atoms with Crippen molar-refractivity contribution in [3.8, 4) is 0 Å². The Hall–Kier alpha value is -0.170. The van der Waals surface area contributed by atoms with Gasteiger partial charge in [0.25, 0.3) is 0 Å². The van der Waals surface area contributed by atoms with Crippen molar-refractivity contribution in [2.24, 2.45) is 0 Å². The van der Waals surface area contributed by atoms with Crippen LogP contribution >= 0.6 is 0 Å². The molecule has 0 aliphatic heterocycles. The highest BCUT2D eigenvalue weighted by molar-refractivity contribution is 7.90. The molecule has 5 nitrogen and oxygen atoms in total. The standard InChI is InChI=1S/C13H29N3O2S/c1-11(2)14-9-12(3)19(17,18)15-10-13(16(4)5)7-6-8-13/h11-12,14-15H,6-10H2,1-5H3. The molecule has 114 valence electrons. The van der Waals surface area contributed by atoms with E-state index in [0.29, 0.717) is 19.1 Å². The molecular weight excluding hydrogens is 262 g/mol. The Morgan fingerprint density at radius 1 is 1.21 bits per heavy atom. The van der Waals surface area contributed by atoms with Crippen LogP contribution in [0.3, 0.4) is 0 Å². The second-order valence-corrected chi connectivity index (χ2v) is 8.40. The van der Waals surface area contributed by atoms with E-state index in [9.17, 15) is 8.42 Å². The third-order valence-corrected chi connectivity index (χ3v) is 5.95. The smallest absolute Gasteiger partial charge is 0.215 e. The molecule has 0 aromatic rings. The van der Waals surface area contributed by atoms with Crippen LogP contribution in [0, 0.1) is 0 Å². The minimum absolute atomic E-state index is 0.0261. The van der Waals surface area contributed by atoms with Crippen molar-refractivity contribution >= 4 is 10.0 Å². The van der Waals surface area contributed by atoms with E-state index in [2.05, 4.69) is 14.9 Å². The van der Waals surface area contributed by atoms with Gasteiger partial charge in [-0.1, -0.05) is 13.8 Å². The summed E-state index contributed by atoms with van der Waals surface area (Å²) in [7, 11) is 0.812. The first-order chi connectivity index (χ1) is 8.69. The Kier molecular flexibility index (Phi) is 5.79. The first kappa shape index (κ1) is 16.9. The van der Waals surface area contributed by atoms with Gasteiger partial charge in [-0.25, -0.2) is 13.1 Å². The molecule has 0 radical (unpaired) electrons. The average molecular weight is 291 g/mol. The fourth-order valence-corrected chi connectivity index (χ4v) is 3.33. The van der Waals surface area contributed by atoms with Crippen molar-refractivity contribution < 1.29 is 8.42 Å². The zero-order chi connectivity index (χ0) is 14.7. The molecule has 1 unspecified atom stereocenters. The number of hydrogen-bond acceptors (Lipinski definition) is 4. The fourth-order valence-electron chi connectivity index (χ4n) is 2.26. The van der Waals surface area contributed by atoms with Crippen LogP contribution in [0.2, 0.25) is 0 Å². The molecule has 0 heterocycles. The Labute approximate surface area is 118 Å². The Balaban J connectivity index is 2.50. The molecule has 0 bridgehead atoms. The van der Waals surface area contributed by atoms with E-state index in [0.717, 1.165) is 12.8 Å². The average Bonchev–Trinajstić information content (AvgIpc) is 2.23. The van der Waals surface area contributed by atoms with Crippen LogP contribution < -0.4 is 10.0 Å². The topological polar surface area (TPSA) is 61.4 Å². The normalized spacial score (nSPS) is 20.6. The Bertz CT molecular complexity index is 375. The van der Waals surface area contributed by atoms with Crippen LogP contribution in [-0.2, 0) is 10.0 Å². The quantitative estimate of drug-likeness (QED) is 0.694. The molecule has 1 atom stereocenters. The summed E-state index contributed by atoms with van der Waals surface area (Å²) in [5.41, 5.74) is 0.0261. The summed E-state index contributed by atoms with van der Waals surface area (Å²) in [5.74, 6) is 0. The maximum Gasteiger partial charge on any atom is 0.215 e. The van der Waals surface area contributed by atoms with Crippen molar-refractivity contribution in [2.75, 3.05) is 27.2 Å². The maximum absolute atomic E-state index is 12.2. The van der Waals surface area contributed by atoms with E-state index < -0.39 is 15.3 Å². The summed E-state index contributed by atoms with van der Waals surface area (Å²) >= 11 is 0. The predicted molar refractivity (Wildman–Crippen MR) is 79.8 cm³/mol. The molecule has 19 heavy (non-hydrogen) atoms. The largest absolute Gasteiger partial charge is 0.313 e. The van der Waals surface area contributed by atoms with Crippen molar-refractivity contribution in [2.45, 2.75) is 56.9 Å². The van der Waals surface area contributed by atoms with Gasteiger partial charge in [0.05, 0.1) is 5.25 Å². The number of nitrogens with one attached hydrogen (secondary N) is 2. The van der Waals surface area contributed by atoms with Crippen LogP contribution in [0.15, 0.2) is 0 Å². The summed E-state index contributed by atoms with van der Waals surface area (Å²) in [6.07, 6.45) is 3.33. The molecular formula is C13H29N3O2S. The van der Waals surface area contributed by atoms with Gasteiger partial charge in [0.1, 0.15) is 0 Å². The van der Waals surface area contributed by atoms with Gasteiger partial charge in [0.2, 0.25) is 10.0 Å². The van der Waals surface area contributed by atoms with Gasteiger partial charge in [-0.15, -0.1) is 0 Å². The van der Waals surface area contributed by atoms with E-state index in [1.807, 2.05) is 27.9 Å². The SMILES string of the molecule is CC(C)NCC(C)S(=O)(=O)NCC1(N(C)C)CCC1. The zero-order valence-electron chi connectivity index (χ0n) is 12.9. The maximum atomic E-state index is 12.2. The Morgan fingerprint density at radius 2 is 1.79 bits per heavy atom. The molecule has 6 heteroatoms. The molecule has 1 aliphatic rings. The van der Waals surface area contributed by atoms with Crippen LogP contribution in [0.25, 0.3) is 0 Å². The molecule has 1 rings (SSSR count). The highest BCUT2D eigenvalue weighted by Gasteiger charge is 2.40. The number of hydrogen-bond donors (Lipinski definition) is 2. The molecule has 0 spiro atoms. The van der Waals surface area contributed by atoms with Crippen molar-refractivity contribution in [3.63, 3.8) is 0 Å². The molecule has 0 saturated heterocycles. The van der Waals surface area contributed by atoms with E-state index >= 15 is 0 Å². The minimum Gasteiger partial charge on any atom is -0.313 e. The van der Waals surface area contributed by atoms with Crippen LogP contribution in [0.4, 0.5) is 0 Å². The minimum atomic E-state index is -3.24. The van der Waals surface area contributed by atoms with Gasteiger partial charge in [-0.05, 0) is 40.3 Å². The lowest BCUT2D eigenvalue weighted by atomic mass is 9.76. The molecule has 1 fully saturated rings. The zero-order valence-corrected chi connectivity index (χ0v) is 13.7. The number of sulfonamides is 1. The van der Waals surface area contributed by atoms with Crippen LogP contribution in [-0.4, -0.2) is 57.3 Å². The second-order valence-electron chi connectivity index (χ2n) is 6.21. The first-order valence-corrected chi connectivity index (χ1v) is 8.63. The lowest BCUT2D eigenvalue weighted by Gasteiger charge is -2.47. The summed E-state index contributed by atoms with van der Waals surface area (Å²) in [6, 6.07) is 0.303. The van der Waals surface area contributed by atoms with Gasteiger partial charge in [0, 0.05) is 24.7 Å². The predicted octanol–water partition coefficient (Wildman–Crippen LogP) is 0.777. The van der Waals surface area contributed by atoms with Gasteiger partial charge in [-0.2, -0.15) is 0 Å². The number of nitrogens with zero attached hydrogens (tertiary/aromatic N) is 1. The molecule has 0 aromatic carbocycles. The van der Waals surface area contributed by atoms with E-state index in [1.54, 1.807) is 6.92 Å². The molecule has 0 aromatic heterocycles. The highest BCUT2D eigenvalue weighted by atomic mass is 32.2. The summed E-state index contributed by atoms with van der Waals surface area (Å²) in [6.45, 7) is 6.79. The van der Waals surface area contributed by atoms with Gasteiger partial charge < -0.3 is 10.2 Å². The number of likely N-dealkylation sites (N-methyl/N-ethyl adjacent to an activating group) is 1. The van der Waals surface area contributed by atoms with Gasteiger partial charge in [-0.3, -0.25) is 0 Å². The Morgan fingerprint density at radius 3 is 2.16 bits per heavy atom. The van der Waals surface area contributed by atoms with Crippen LogP contribution in [0.1, 0.15) is 40.0 Å². The first-order valence-electron chi connectivity index (χ1n) is 7.09. The summed E-state index contributed by atoms with van der Waals surface area (Å²) in [4.78, 5) is 2.15. The van der Waals surface area contributed by atoms with E-state index in [-0.39, 0.29) is 5.54 Å². The lowest BCUT2D eigenvalue weighted by Crippen LogP contribution is -2.58. The molecule has 0 amide bonds. The third kappa shape index (κ3) is 4.41. The van der Waals surface area contributed by atoms with Crippen molar-refractivity contribution in [1.82, 2.24) is 14.9 Å². The second kappa shape index (κ2) is 6.52. The van der Waals surface area contributed by atoms with Crippen LogP contribution in [0.5, 0.6) is 0 Å². The molecule has 1 saturated carbocycles. The van der Waals surface area contributed by atoms with E-state index in [4.69, 9.17) is 0 Å². The van der Waals surface area contributed by atoms with Crippen molar-refractivity contribution in [1.29, 1.82) is 0 Å². The molecule has 2 N–H and O–H groups in total. The highest BCUT2D eigenvalue weighted by Crippen LogP contribution is 2.35. The molecule has 1 aliphatic carbocycles.